The lowest BCUT2D eigenvalue weighted by Crippen LogP contribution is -2.54. The molecule has 1 aliphatic rings. The largest absolute Gasteiger partial charge is 0.462 e. The molecule has 7 nitrogen and oxygen atoms in total. The number of carbonyl (C=O) groups is 3. The van der Waals surface area contributed by atoms with Gasteiger partial charge in [0.15, 0.2) is 5.11 Å². The molecule has 184 valence electrons. The summed E-state index contributed by atoms with van der Waals surface area (Å²) in [4.78, 5) is 39.7. The molecule has 0 radical (unpaired) electrons. The maximum Gasteiger partial charge on any atom is 0.338 e. The first kappa shape index (κ1) is 25.1. The molecule has 3 aromatic rings. The molecule has 0 saturated carbocycles. The van der Waals surface area contributed by atoms with Crippen LogP contribution >= 0.6 is 12.2 Å². The maximum absolute atomic E-state index is 13.4. The van der Waals surface area contributed by atoms with Crippen molar-refractivity contribution in [3.05, 3.63) is 88.2 Å². The topological polar surface area (TPSA) is 80.6 Å². The highest BCUT2D eigenvalue weighted by Gasteiger charge is 2.34. The van der Waals surface area contributed by atoms with E-state index < -0.39 is 17.8 Å². The number of benzene rings is 2. The number of nitrogens with one attached hydrogen (secondary N) is 1. The van der Waals surface area contributed by atoms with E-state index in [-0.39, 0.29) is 10.7 Å². The lowest BCUT2D eigenvalue weighted by atomic mass is 10.1. The fraction of sp³-hybridized carbons (Fsp3) is 0.214. The van der Waals surface area contributed by atoms with Gasteiger partial charge in [-0.1, -0.05) is 25.1 Å². The zero-order valence-electron chi connectivity index (χ0n) is 20.6. The Morgan fingerprint density at radius 3 is 2.42 bits per heavy atom. The molecular weight excluding hydrogens is 474 g/mol. The molecule has 1 fully saturated rings. The van der Waals surface area contributed by atoms with Crippen molar-refractivity contribution in [3.8, 4) is 5.69 Å². The molecular formula is C28H27N3O4S. The van der Waals surface area contributed by atoms with E-state index >= 15 is 0 Å². The van der Waals surface area contributed by atoms with Gasteiger partial charge in [-0.25, -0.2) is 4.79 Å². The molecule has 0 aliphatic carbocycles. The Morgan fingerprint density at radius 2 is 1.75 bits per heavy atom. The number of aromatic nitrogens is 1. The molecule has 0 spiro atoms. The van der Waals surface area contributed by atoms with Crippen LogP contribution in [0.3, 0.4) is 0 Å². The van der Waals surface area contributed by atoms with Crippen molar-refractivity contribution >= 4 is 46.9 Å². The van der Waals surface area contributed by atoms with E-state index in [4.69, 9.17) is 17.0 Å². The van der Waals surface area contributed by atoms with Gasteiger partial charge in [-0.05, 0) is 93.0 Å². The third-order valence-corrected chi connectivity index (χ3v) is 6.37. The number of hydrogen-bond donors (Lipinski definition) is 1. The molecule has 0 unspecified atom stereocenters. The Labute approximate surface area is 215 Å². The molecule has 0 atom stereocenters. The van der Waals surface area contributed by atoms with E-state index in [0.29, 0.717) is 23.4 Å². The second-order valence-electron chi connectivity index (χ2n) is 8.41. The molecule has 1 aliphatic heterocycles. The van der Waals surface area contributed by atoms with Crippen molar-refractivity contribution in [2.24, 2.45) is 0 Å². The Hall–Kier alpha value is -4.04. The minimum absolute atomic E-state index is 0.0105. The number of amides is 2. The third-order valence-electron chi connectivity index (χ3n) is 6.09. The third kappa shape index (κ3) is 4.72. The lowest BCUT2D eigenvalue weighted by molar-refractivity contribution is -0.122. The Bertz CT molecular complexity index is 1400. The van der Waals surface area contributed by atoms with E-state index in [1.165, 1.54) is 4.90 Å². The van der Waals surface area contributed by atoms with Crippen LogP contribution in [0.25, 0.3) is 11.8 Å². The van der Waals surface area contributed by atoms with Crippen LogP contribution in [0.4, 0.5) is 5.69 Å². The normalized spacial score (nSPS) is 14.8. The second-order valence-corrected chi connectivity index (χ2v) is 8.80. The van der Waals surface area contributed by atoms with Crippen LogP contribution in [-0.2, 0) is 20.7 Å². The number of rotatable bonds is 6. The predicted octanol–water partition coefficient (Wildman–Crippen LogP) is 4.66. The Balaban J connectivity index is 1.71. The molecule has 2 aromatic carbocycles. The van der Waals surface area contributed by atoms with Gasteiger partial charge in [-0.2, -0.15) is 0 Å². The predicted molar refractivity (Wildman–Crippen MR) is 143 cm³/mol. The average Bonchev–Trinajstić information content (AvgIpc) is 3.14. The van der Waals surface area contributed by atoms with Crippen molar-refractivity contribution in [3.63, 3.8) is 0 Å². The van der Waals surface area contributed by atoms with Crippen LogP contribution < -0.4 is 10.2 Å². The first-order chi connectivity index (χ1) is 17.2. The molecule has 4 rings (SSSR count). The highest BCUT2D eigenvalue weighted by molar-refractivity contribution is 7.80. The minimum Gasteiger partial charge on any atom is -0.462 e. The van der Waals surface area contributed by atoms with Crippen LogP contribution in [0.1, 0.15) is 46.7 Å². The molecule has 0 bridgehead atoms. The minimum atomic E-state index is -0.541. The summed E-state index contributed by atoms with van der Waals surface area (Å²) in [5.74, 6) is -1.42. The summed E-state index contributed by atoms with van der Waals surface area (Å²) in [6, 6.07) is 16.5. The van der Waals surface area contributed by atoms with Crippen molar-refractivity contribution in [1.29, 1.82) is 0 Å². The number of ether oxygens (including phenoxy) is 1. The first-order valence-electron chi connectivity index (χ1n) is 11.7. The standard InChI is InChI=1S/C28H27N3O4S/c1-5-19-10-12-22(13-11-19)31-26(33)24(25(32)29-28(31)36)16-21-14-17(3)30(18(21)4)23-9-7-8-20(15-23)27(34)35-6-2/h7-16H,5-6H2,1-4H3,(H,29,32,36)/b24-16+. The van der Waals surface area contributed by atoms with Crippen molar-refractivity contribution in [1.82, 2.24) is 9.88 Å². The van der Waals surface area contributed by atoms with Crippen LogP contribution in [0, 0.1) is 13.8 Å². The molecule has 36 heavy (non-hydrogen) atoms. The summed E-state index contributed by atoms with van der Waals surface area (Å²) in [5, 5.41) is 2.68. The van der Waals surface area contributed by atoms with Crippen LogP contribution in [0.15, 0.2) is 60.2 Å². The van der Waals surface area contributed by atoms with E-state index in [1.54, 1.807) is 31.2 Å². The van der Waals surface area contributed by atoms with Crippen molar-refractivity contribution in [2.75, 3.05) is 11.5 Å². The smallest absolute Gasteiger partial charge is 0.338 e. The molecule has 1 saturated heterocycles. The zero-order valence-corrected chi connectivity index (χ0v) is 21.4. The van der Waals surface area contributed by atoms with E-state index in [2.05, 4.69) is 12.2 Å². The number of anilines is 1. The number of esters is 1. The summed E-state index contributed by atoms with van der Waals surface area (Å²) in [6.45, 7) is 7.93. The Kier molecular flexibility index (Phi) is 7.17. The maximum atomic E-state index is 13.4. The van der Waals surface area contributed by atoms with Crippen molar-refractivity contribution < 1.29 is 19.1 Å². The van der Waals surface area contributed by atoms with E-state index in [0.717, 1.165) is 29.1 Å². The van der Waals surface area contributed by atoms with E-state index in [9.17, 15) is 14.4 Å². The van der Waals surface area contributed by atoms with Gasteiger partial charge in [-0.15, -0.1) is 0 Å². The van der Waals surface area contributed by atoms with Gasteiger partial charge in [-0.3, -0.25) is 19.8 Å². The van der Waals surface area contributed by atoms with Crippen LogP contribution in [0.2, 0.25) is 0 Å². The average molecular weight is 502 g/mol. The van der Waals surface area contributed by atoms with Gasteiger partial charge in [0, 0.05) is 17.1 Å². The van der Waals surface area contributed by atoms with Gasteiger partial charge in [0.1, 0.15) is 5.57 Å². The molecule has 1 aromatic heterocycles. The molecule has 2 amide bonds. The Morgan fingerprint density at radius 1 is 1.03 bits per heavy atom. The highest BCUT2D eigenvalue weighted by Crippen LogP contribution is 2.27. The number of thiocarbonyl (C=S) groups is 1. The summed E-state index contributed by atoms with van der Waals surface area (Å²) < 4.78 is 7.09. The summed E-state index contributed by atoms with van der Waals surface area (Å²) in [5.41, 5.74) is 5.34. The fourth-order valence-electron chi connectivity index (χ4n) is 4.25. The molecule has 1 N–H and O–H groups in total. The quantitative estimate of drug-likeness (QED) is 0.230. The lowest BCUT2D eigenvalue weighted by Gasteiger charge is -2.29. The zero-order chi connectivity index (χ0) is 26.0. The highest BCUT2D eigenvalue weighted by atomic mass is 32.1. The summed E-state index contributed by atoms with van der Waals surface area (Å²) in [6.07, 6.45) is 2.46. The number of nitrogens with zero attached hydrogens (tertiary/aromatic N) is 2. The van der Waals surface area contributed by atoms with Crippen LogP contribution in [0.5, 0.6) is 0 Å². The van der Waals surface area contributed by atoms with Gasteiger partial charge < -0.3 is 9.30 Å². The molecule has 2 heterocycles. The van der Waals surface area contributed by atoms with Crippen LogP contribution in [-0.4, -0.2) is 34.1 Å². The summed E-state index contributed by atoms with van der Waals surface area (Å²) in [7, 11) is 0. The molecule has 8 heteroatoms. The number of carbonyl (C=O) groups excluding carboxylic acids is 3. The van der Waals surface area contributed by atoms with Gasteiger partial charge in [0.2, 0.25) is 0 Å². The monoisotopic (exact) mass is 501 g/mol. The van der Waals surface area contributed by atoms with Gasteiger partial charge in [0.05, 0.1) is 17.9 Å². The van der Waals surface area contributed by atoms with Gasteiger partial charge in [0.25, 0.3) is 11.8 Å². The number of hydrogen-bond acceptors (Lipinski definition) is 5. The van der Waals surface area contributed by atoms with Crippen molar-refractivity contribution in [2.45, 2.75) is 34.1 Å². The summed E-state index contributed by atoms with van der Waals surface area (Å²) >= 11 is 5.31. The number of aryl methyl sites for hydroxylation is 2. The fourth-order valence-corrected chi connectivity index (χ4v) is 4.53. The van der Waals surface area contributed by atoms with E-state index in [1.807, 2.05) is 54.8 Å². The second kappa shape index (κ2) is 10.3. The van der Waals surface area contributed by atoms with Gasteiger partial charge >= 0.3 is 5.97 Å². The first-order valence-corrected chi connectivity index (χ1v) is 12.1. The SMILES string of the molecule is CCOC(=O)c1cccc(-n2c(C)cc(/C=C3\C(=O)NC(=S)N(c4ccc(CC)cc4)C3=O)c2C)c1.